The Morgan fingerprint density at radius 1 is 1.60 bits per heavy atom. The van der Waals surface area contributed by atoms with Crippen molar-refractivity contribution in [2.24, 2.45) is 7.05 Å². The van der Waals surface area contributed by atoms with Crippen molar-refractivity contribution in [2.45, 2.75) is 13.5 Å². The van der Waals surface area contributed by atoms with Gasteiger partial charge in [0.25, 0.3) is 0 Å². The lowest BCUT2D eigenvalue weighted by molar-refractivity contribution is 0.757. The summed E-state index contributed by atoms with van der Waals surface area (Å²) in [6, 6.07) is 0. The van der Waals surface area contributed by atoms with Crippen molar-refractivity contribution in [1.82, 2.24) is 14.8 Å². The van der Waals surface area contributed by atoms with Crippen LogP contribution in [0.1, 0.15) is 11.4 Å². The van der Waals surface area contributed by atoms with Gasteiger partial charge in [0.05, 0.1) is 29.1 Å². The third-order valence-electron chi connectivity index (χ3n) is 2.19. The van der Waals surface area contributed by atoms with Crippen molar-refractivity contribution >= 4 is 22.8 Å². The minimum absolute atomic E-state index is 0.673. The number of rotatable bonds is 3. The largest absolute Gasteiger partial charge is 0.394 e. The van der Waals surface area contributed by atoms with Crippen molar-refractivity contribution < 1.29 is 0 Å². The van der Waals surface area contributed by atoms with Crippen LogP contribution in [0.5, 0.6) is 0 Å². The van der Waals surface area contributed by atoms with Gasteiger partial charge in [0, 0.05) is 12.4 Å². The summed E-state index contributed by atoms with van der Waals surface area (Å²) in [5.41, 5.74) is 10.3. The number of anilines is 2. The zero-order chi connectivity index (χ0) is 10.8. The summed E-state index contributed by atoms with van der Waals surface area (Å²) in [4.78, 5) is 4.18. The van der Waals surface area contributed by atoms with Gasteiger partial charge in [0.1, 0.15) is 5.82 Å². The second-order valence-corrected chi connectivity index (χ2v) is 4.02. The molecule has 0 spiro atoms. The van der Waals surface area contributed by atoms with E-state index >= 15 is 0 Å². The standard InChI is InChI=1S/C9H13N5S/c1-6-8(10)9(14(2)13-6)11-3-7-4-15-5-12-7/h4-5,11H,3,10H2,1-2H3. The lowest BCUT2D eigenvalue weighted by Gasteiger charge is -2.05. The molecule has 15 heavy (non-hydrogen) atoms. The van der Waals surface area contributed by atoms with Crippen LogP contribution in [0.2, 0.25) is 0 Å². The number of nitrogen functional groups attached to an aromatic ring is 1. The molecule has 2 heterocycles. The van der Waals surface area contributed by atoms with Crippen LogP contribution in [0.25, 0.3) is 0 Å². The first-order valence-electron chi connectivity index (χ1n) is 4.58. The van der Waals surface area contributed by atoms with Gasteiger partial charge in [-0.2, -0.15) is 5.10 Å². The normalized spacial score (nSPS) is 10.5. The molecule has 0 atom stereocenters. The van der Waals surface area contributed by atoms with Crippen LogP contribution in [-0.2, 0) is 13.6 Å². The molecular weight excluding hydrogens is 210 g/mol. The minimum atomic E-state index is 0.673. The van der Waals surface area contributed by atoms with Crippen molar-refractivity contribution in [2.75, 3.05) is 11.1 Å². The van der Waals surface area contributed by atoms with Gasteiger partial charge >= 0.3 is 0 Å². The third-order valence-corrected chi connectivity index (χ3v) is 2.82. The van der Waals surface area contributed by atoms with Crippen molar-refractivity contribution in [3.63, 3.8) is 0 Å². The first kappa shape index (κ1) is 9.97. The van der Waals surface area contributed by atoms with Gasteiger partial charge in [-0.1, -0.05) is 0 Å². The van der Waals surface area contributed by atoms with E-state index in [-0.39, 0.29) is 0 Å². The maximum atomic E-state index is 5.88. The lowest BCUT2D eigenvalue weighted by Crippen LogP contribution is -2.06. The van der Waals surface area contributed by atoms with E-state index in [1.165, 1.54) is 0 Å². The molecule has 0 saturated heterocycles. The fourth-order valence-electron chi connectivity index (χ4n) is 1.38. The number of thiazole rings is 1. The van der Waals surface area contributed by atoms with Crippen molar-refractivity contribution in [3.05, 3.63) is 22.3 Å². The fourth-order valence-corrected chi connectivity index (χ4v) is 1.94. The molecule has 0 aliphatic heterocycles. The van der Waals surface area contributed by atoms with E-state index in [0.29, 0.717) is 12.2 Å². The summed E-state index contributed by atoms with van der Waals surface area (Å²) in [6.45, 7) is 2.57. The van der Waals surface area contributed by atoms with Gasteiger partial charge in [-0.3, -0.25) is 4.68 Å². The Morgan fingerprint density at radius 3 is 2.93 bits per heavy atom. The van der Waals surface area contributed by atoms with Gasteiger partial charge in [0.2, 0.25) is 0 Å². The molecule has 0 radical (unpaired) electrons. The van der Waals surface area contributed by atoms with E-state index in [0.717, 1.165) is 17.2 Å². The molecule has 80 valence electrons. The molecule has 3 N–H and O–H groups in total. The van der Waals surface area contributed by atoms with E-state index in [1.54, 1.807) is 16.0 Å². The Kier molecular flexibility index (Phi) is 2.59. The molecule has 0 saturated carbocycles. The number of nitrogens with zero attached hydrogens (tertiary/aromatic N) is 3. The highest BCUT2D eigenvalue weighted by molar-refractivity contribution is 7.07. The van der Waals surface area contributed by atoms with E-state index in [9.17, 15) is 0 Å². The molecule has 0 bridgehead atoms. The summed E-state index contributed by atoms with van der Waals surface area (Å²) in [5.74, 6) is 0.848. The molecule has 0 aliphatic rings. The Hall–Kier alpha value is -1.56. The van der Waals surface area contributed by atoms with Crippen LogP contribution >= 0.6 is 11.3 Å². The molecule has 0 amide bonds. The van der Waals surface area contributed by atoms with E-state index in [2.05, 4.69) is 15.4 Å². The topological polar surface area (TPSA) is 68.8 Å². The van der Waals surface area contributed by atoms with Crippen LogP contribution in [0, 0.1) is 6.92 Å². The molecular formula is C9H13N5S. The molecule has 6 heteroatoms. The van der Waals surface area contributed by atoms with E-state index in [4.69, 9.17) is 5.73 Å². The van der Waals surface area contributed by atoms with E-state index < -0.39 is 0 Å². The highest BCUT2D eigenvalue weighted by Gasteiger charge is 2.09. The molecule has 2 aromatic rings. The van der Waals surface area contributed by atoms with Crippen LogP contribution < -0.4 is 11.1 Å². The maximum absolute atomic E-state index is 5.88. The highest BCUT2D eigenvalue weighted by atomic mass is 32.1. The van der Waals surface area contributed by atoms with Crippen LogP contribution in [0.15, 0.2) is 10.9 Å². The number of hydrogen-bond acceptors (Lipinski definition) is 5. The average molecular weight is 223 g/mol. The van der Waals surface area contributed by atoms with Crippen LogP contribution in [0.4, 0.5) is 11.5 Å². The van der Waals surface area contributed by atoms with Crippen molar-refractivity contribution in [1.29, 1.82) is 0 Å². The van der Waals surface area contributed by atoms with E-state index in [1.807, 2.05) is 24.9 Å². The number of nitrogens with one attached hydrogen (secondary N) is 1. The molecule has 0 fully saturated rings. The number of aryl methyl sites for hydroxylation is 2. The molecule has 0 aliphatic carbocycles. The Labute approximate surface area is 91.9 Å². The highest BCUT2D eigenvalue weighted by Crippen LogP contribution is 2.21. The molecule has 0 aromatic carbocycles. The number of aromatic nitrogens is 3. The summed E-state index contributed by atoms with van der Waals surface area (Å²) in [5, 5.41) is 9.45. The minimum Gasteiger partial charge on any atom is -0.394 e. The zero-order valence-corrected chi connectivity index (χ0v) is 9.51. The zero-order valence-electron chi connectivity index (χ0n) is 8.69. The second kappa shape index (κ2) is 3.90. The first-order chi connectivity index (χ1) is 7.18. The fraction of sp³-hybridized carbons (Fsp3) is 0.333. The number of nitrogens with two attached hydrogens (primary N) is 1. The lowest BCUT2D eigenvalue weighted by atomic mass is 10.4. The summed E-state index contributed by atoms with van der Waals surface area (Å²) in [7, 11) is 1.87. The third kappa shape index (κ3) is 1.94. The van der Waals surface area contributed by atoms with Gasteiger partial charge in [-0.25, -0.2) is 4.98 Å². The maximum Gasteiger partial charge on any atom is 0.148 e. The molecule has 2 aromatic heterocycles. The van der Waals surface area contributed by atoms with Gasteiger partial charge in [-0.05, 0) is 6.92 Å². The monoisotopic (exact) mass is 223 g/mol. The van der Waals surface area contributed by atoms with Gasteiger partial charge in [0.15, 0.2) is 0 Å². The predicted octanol–water partition coefficient (Wildman–Crippen LogP) is 1.38. The average Bonchev–Trinajstić information content (AvgIpc) is 2.76. The number of hydrogen-bond donors (Lipinski definition) is 2. The van der Waals surface area contributed by atoms with Gasteiger partial charge < -0.3 is 11.1 Å². The molecule has 5 nitrogen and oxygen atoms in total. The summed E-state index contributed by atoms with van der Waals surface area (Å²) >= 11 is 1.58. The SMILES string of the molecule is Cc1nn(C)c(NCc2cscn2)c1N. The Morgan fingerprint density at radius 2 is 2.40 bits per heavy atom. The van der Waals surface area contributed by atoms with Gasteiger partial charge in [-0.15, -0.1) is 11.3 Å². The summed E-state index contributed by atoms with van der Waals surface area (Å²) < 4.78 is 1.75. The van der Waals surface area contributed by atoms with Crippen molar-refractivity contribution in [3.8, 4) is 0 Å². The quantitative estimate of drug-likeness (QED) is 0.824. The first-order valence-corrected chi connectivity index (χ1v) is 5.52. The van der Waals surface area contributed by atoms with Crippen LogP contribution in [-0.4, -0.2) is 14.8 Å². The second-order valence-electron chi connectivity index (χ2n) is 3.30. The van der Waals surface area contributed by atoms with Crippen LogP contribution in [0.3, 0.4) is 0 Å². The molecule has 2 rings (SSSR count). The predicted molar refractivity (Wildman–Crippen MR) is 61.8 cm³/mol. The summed E-state index contributed by atoms with van der Waals surface area (Å²) in [6.07, 6.45) is 0. The Bertz CT molecular complexity index is 445. The smallest absolute Gasteiger partial charge is 0.148 e. The molecule has 0 unspecified atom stereocenters. The Balaban J connectivity index is 2.11.